The average Bonchev–Trinajstić information content (AvgIpc) is 2.76. The van der Waals surface area contributed by atoms with Crippen molar-refractivity contribution < 1.29 is 4.79 Å². The molecule has 21 heavy (non-hydrogen) atoms. The quantitative estimate of drug-likeness (QED) is 0.893. The zero-order valence-corrected chi connectivity index (χ0v) is 12.5. The van der Waals surface area contributed by atoms with Crippen LogP contribution >= 0.6 is 0 Å². The van der Waals surface area contributed by atoms with Crippen LogP contribution in [0.1, 0.15) is 13.8 Å². The number of rotatable bonds is 5. The molecule has 0 saturated carbocycles. The molecule has 112 valence electrons. The SMILES string of the molecule is CC(C)C(=O)NCCn1nc(-c2ccccc2)n(C)c1=O. The topological polar surface area (TPSA) is 68.9 Å². The van der Waals surface area contributed by atoms with E-state index in [1.165, 1.54) is 9.25 Å². The van der Waals surface area contributed by atoms with E-state index in [0.717, 1.165) is 5.56 Å². The molecule has 1 heterocycles. The zero-order valence-electron chi connectivity index (χ0n) is 12.5. The first-order chi connectivity index (χ1) is 10.0. The third kappa shape index (κ3) is 3.39. The molecule has 1 aromatic heterocycles. The Bertz CT molecular complexity index is 671. The number of carbonyl (C=O) groups is 1. The number of aromatic nitrogens is 3. The summed E-state index contributed by atoms with van der Waals surface area (Å²) in [5.74, 6) is 0.531. The maximum Gasteiger partial charge on any atom is 0.345 e. The summed E-state index contributed by atoms with van der Waals surface area (Å²) >= 11 is 0. The van der Waals surface area contributed by atoms with Gasteiger partial charge in [-0.2, -0.15) is 0 Å². The highest BCUT2D eigenvalue weighted by atomic mass is 16.2. The summed E-state index contributed by atoms with van der Waals surface area (Å²) in [5, 5.41) is 7.12. The molecule has 0 aliphatic rings. The lowest BCUT2D eigenvalue weighted by atomic mass is 10.2. The first-order valence-corrected chi connectivity index (χ1v) is 6.97. The van der Waals surface area contributed by atoms with Gasteiger partial charge < -0.3 is 5.32 Å². The summed E-state index contributed by atoms with van der Waals surface area (Å²) in [7, 11) is 1.70. The molecule has 0 saturated heterocycles. The van der Waals surface area contributed by atoms with E-state index < -0.39 is 0 Å². The minimum atomic E-state index is -0.187. The molecule has 0 unspecified atom stereocenters. The van der Waals surface area contributed by atoms with Crippen LogP contribution in [0.3, 0.4) is 0 Å². The highest BCUT2D eigenvalue weighted by Gasteiger charge is 2.12. The molecule has 0 atom stereocenters. The molecule has 0 fully saturated rings. The fourth-order valence-electron chi connectivity index (χ4n) is 1.96. The van der Waals surface area contributed by atoms with Crippen LogP contribution in [0.2, 0.25) is 0 Å². The maximum absolute atomic E-state index is 12.1. The average molecular weight is 288 g/mol. The Morgan fingerprint density at radius 3 is 2.57 bits per heavy atom. The van der Waals surface area contributed by atoms with Crippen molar-refractivity contribution in [3.63, 3.8) is 0 Å². The minimum Gasteiger partial charge on any atom is -0.354 e. The fourth-order valence-corrected chi connectivity index (χ4v) is 1.96. The van der Waals surface area contributed by atoms with Gasteiger partial charge in [-0.25, -0.2) is 9.48 Å². The predicted molar refractivity (Wildman–Crippen MR) is 80.8 cm³/mol. The number of amides is 1. The van der Waals surface area contributed by atoms with Gasteiger partial charge in [0.15, 0.2) is 5.82 Å². The van der Waals surface area contributed by atoms with Crippen LogP contribution in [-0.4, -0.2) is 26.8 Å². The van der Waals surface area contributed by atoms with Gasteiger partial charge in [0.1, 0.15) is 0 Å². The van der Waals surface area contributed by atoms with Crippen LogP contribution in [-0.2, 0) is 18.4 Å². The molecule has 6 heteroatoms. The van der Waals surface area contributed by atoms with Gasteiger partial charge in [0.2, 0.25) is 5.91 Å². The van der Waals surface area contributed by atoms with Gasteiger partial charge in [-0.15, -0.1) is 5.10 Å². The number of hydrogen-bond donors (Lipinski definition) is 1. The molecular weight excluding hydrogens is 268 g/mol. The highest BCUT2D eigenvalue weighted by Crippen LogP contribution is 2.13. The van der Waals surface area contributed by atoms with Gasteiger partial charge >= 0.3 is 5.69 Å². The summed E-state index contributed by atoms with van der Waals surface area (Å²) in [4.78, 5) is 23.6. The van der Waals surface area contributed by atoms with E-state index in [-0.39, 0.29) is 17.5 Å². The molecule has 1 N–H and O–H groups in total. The predicted octanol–water partition coefficient (Wildman–Crippen LogP) is 1.02. The lowest BCUT2D eigenvalue weighted by Crippen LogP contribution is -2.33. The Morgan fingerprint density at radius 1 is 1.29 bits per heavy atom. The third-order valence-electron chi connectivity index (χ3n) is 3.22. The summed E-state index contributed by atoms with van der Waals surface area (Å²) in [5.41, 5.74) is 0.703. The monoisotopic (exact) mass is 288 g/mol. The van der Waals surface area contributed by atoms with E-state index >= 15 is 0 Å². The molecule has 6 nitrogen and oxygen atoms in total. The normalized spacial score (nSPS) is 10.9. The van der Waals surface area contributed by atoms with Crippen LogP contribution in [0.25, 0.3) is 11.4 Å². The van der Waals surface area contributed by atoms with Crippen LogP contribution in [0.15, 0.2) is 35.1 Å². The zero-order chi connectivity index (χ0) is 15.4. The smallest absolute Gasteiger partial charge is 0.345 e. The Balaban J connectivity index is 2.12. The van der Waals surface area contributed by atoms with Crippen molar-refractivity contribution in [1.82, 2.24) is 19.7 Å². The van der Waals surface area contributed by atoms with Crippen LogP contribution in [0.4, 0.5) is 0 Å². The molecule has 2 rings (SSSR count). The van der Waals surface area contributed by atoms with E-state index in [1.54, 1.807) is 7.05 Å². The molecule has 2 aromatic rings. The summed E-state index contributed by atoms with van der Waals surface area (Å²) < 4.78 is 2.89. The molecule has 0 aliphatic heterocycles. The Hall–Kier alpha value is -2.37. The summed E-state index contributed by atoms with van der Waals surface area (Å²) in [6.07, 6.45) is 0. The molecule has 0 bridgehead atoms. The molecular formula is C15H20N4O2. The minimum absolute atomic E-state index is 0.0257. The standard InChI is InChI=1S/C15H20N4O2/c1-11(2)14(20)16-9-10-19-15(21)18(3)13(17-19)12-7-5-4-6-8-12/h4-8,11H,9-10H2,1-3H3,(H,16,20). The second kappa shape index (κ2) is 6.39. The number of nitrogens with one attached hydrogen (secondary N) is 1. The van der Waals surface area contributed by atoms with Gasteiger partial charge in [-0.1, -0.05) is 44.2 Å². The van der Waals surface area contributed by atoms with Crippen molar-refractivity contribution >= 4 is 5.91 Å². The van der Waals surface area contributed by atoms with Crippen molar-refractivity contribution in [2.24, 2.45) is 13.0 Å². The Labute approximate surface area is 123 Å². The van der Waals surface area contributed by atoms with Crippen LogP contribution < -0.4 is 11.0 Å². The summed E-state index contributed by atoms with van der Waals surface area (Å²) in [6, 6.07) is 9.54. The second-order valence-corrected chi connectivity index (χ2v) is 5.20. The van der Waals surface area contributed by atoms with Crippen molar-refractivity contribution in [3.8, 4) is 11.4 Å². The molecule has 0 spiro atoms. The van der Waals surface area contributed by atoms with E-state index in [9.17, 15) is 9.59 Å². The van der Waals surface area contributed by atoms with E-state index in [1.807, 2.05) is 44.2 Å². The largest absolute Gasteiger partial charge is 0.354 e. The fraction of sp³-hybridized carbons (Fsp3) is 0.400. The number of hydrogen-bond acceptors (Lipinski definition) is 3. The molecule has 0 radical (unpaired) electrons. The molecule has 0 aliphatic carbocycles. The second-order valence-electron chi connectivity index (χ2n) is 5.20. The third-order valence-corrected chi connectivity index (χ3v) is 3.22. The van der Waals surface area contributed by atoms with E-state index in [4.69, 9.17) is 0 Å². The van der Waals surface area contributed by atoms with Crippen molar-refractivity contribution in [2.45, 2.75) is 20.4 Å². The lowest BCUT2D eigenvalue weighted by Gasteiger charge is -2.06. The Kier molecular flexibility index (Phi) is 4.57. The first kappa shape index (κ1) is 15.0. The van der Waals surface area contributed by atoms with Gasteiger partial charge in [0.25, 0.3) is 0 Å². The number of nitrogens with zero attached hydrogens (tertiary/aromatic N) is 3. The maximum atomic E-state index is 12.1. The van der Waals surface area contributed by atoms with E-state index in [0.29, 0.717) is 18.9 Å². The van der Waals surface area contributed by atoms with Crippen LogP contribution in [0, 0.1) is 5.92 Å². The van der Waals surface area contributed by atoms with Crippen molar-refractivity contribution in [2.75, 3.05) is 6.54 Å². The highest BCUT2D eigenvalue weighted by molar-refractivity contribution is 5.77. The van der Waals surface area contributed by atoms with Gasteiger partial charge in [-0.05, 0) is 0 Å². The van der Waals surface area contributed by atoms with E-state index in [2.05, 4.69) is 10.4 Å². The van der Waals surface area contributed by atoms with Crippen molar-refractivity contribution in [1.29, 1.82) is 0 Å². The van der Waals surface area contributed by atoms with Gasteiger partial charge in [0.05, 0.1) is 6.54 Å². The summed E-state index contributed by atoms with van der Waals surface area (Å²) in [6.45, 7) is 4.41. The first-order valence-electron chi connectivity index (χ1n) is 6.97. The van der Waals surface area contributed by atoms with Gasteiger partial charge in [-0.3, -0.25) is 9.36 Å². The van der Waals surface area contributed by atoms with Gasteiger partial charge in [0, 0.05) is 25.1 Å². The molecule has 1 amide bonds. The number of benzene rings is 1. The van der Waals surface area contributed by atoms with Crippen LogP contribution in [0.5, 0.6) is 0 Å². The Morgan fingerprint density at radius 2 is 1.95 bits per heavy atom. The lowest BCUT2D eigenvalue weighted by molar-refractivity contribution is -0.124. The number of carbonyl (C=O) groups excluding carboxylic acids is 1. The molecule has 1 aromatic carbocycles. The van der Waals surface area contributed by atoms with Crippen molar-refractivity contribution in [3.05, 3.63) is 40.8 Å².